The fourth-order valence-corrected chi connectivity index (χ4v) is 2.47. The molecule has 0 spiro atoms. The normalized spacial score (nSPS) is 17.0. The first-order valence-corrected chi connectivity index (χ1v) is 7.59. The van der Waals surface area contributed by atoms with E-state index < -0.39 is 0 Å². The predicted molar refractivity (Wildman–Crippen MR) is 98.1 cm³/mol. The SMILES string of the molecule is Cc1cc(C)n(CC(C)CN=C(N)NCC2CCC2)n1.I. The Kier molecular flexibility index (Phi) is 7.48. The Morgan fingerprint density at radius 2 is 2.24 bits per heavy atom. The molecule has 120 valence electrons. The molecule has 1 saturated carbocycles. The Balaban J connectivity index is 0.00000220. The zero-order chi connectivity index (χ0) is 14.5. The van der Waals surface area contributed by atoms with Gasteiger partial charge < -0.3 is 11.1 Å². The van der Waals surface area contributed by atoms with Crippen LogP contribution in [0.2, 0.25) is 0 Å². The smallest absolute Gasteiger partial charge is 0.188 e. The van der Waals surface area contributed by atoms with Crippen LogP contribution in [0.1, 0.15) is 37.6 Å². The van der Waals surface area contributed by atoms with Crippen molar-refractivity contribution in [2.45, 2.75) is 46.6 Å². The fraction of sp³-hybridized carbons (Fsp3) is 0.733. The van der Waals surface area contributed by atoms with E-state index in [1.54, 1.807) is 0 Å². The van der Waals surface area contributed by atoms with E-state index in [0.717, 1.165) is 31.2 Å². The van der Waals surface area contributed by atoms with Gasteiger partial charge in [0.05, 0.1) is 5.69 Å². The highest BCUT2D eigenvalue weighted by Crippen LogP contribution is 2.24. The maximum Gasteiger partial charge on any atom is 0.188 e. The van der Waals surface area contributed by atoms with E-state index >= 15 is 0 Å². The van der Waals surface area contributed by atoms with Crippen LogP contribution in [0.15, 0.2) is 11.1 Å². The lowest BCUT2D eigenvalue weighted by molar-refractivity contribution is 0.315. The van der Waals surface area contributed by atoms with Crippen molar-refractivity contribution in [2.75, 3.05) is 13.1 Å². The van der Waals surface area contributed by atoms with Crippen LogP contribution in [-0.4, -0.2) is 28.8 Å². The minimum absolute atomic E-state index is 0. The summed E-state index contributed by atoms with van der Waals surface area (Å²) in [7, 11) is 0. The number of hydrogen-bond donors (Lipinski definition) is 2. The van der Waals surface area contributed by atoms with Crippen molar-refractivity contribution in [3.05, 3.63) is 17.5 Å². The van der Waals surface area contributed by atoms with Crippen LogP contribution in [0.25, 0.3) is 0 Å². The van der Waals surface area contributed by atoms with E-state index in [2.05, 4.69) is 35.3 Å². The van der Waals surface area contributed by atoms with Gasteiger partial charge in [0.2, 0.25) is 0 Å². The molecular weight excluding hydrogens is 377 g/mol. The van der Waals surface area contributed by atoms with Crippen molar-refractivity contribution < 1.29 is 0 Å². The number of aliphatic imine (C=N–C) groups is 1. The third-order valence-electron chi connectivity index (χ3n) is 3.96. The van der Waals surface area contributed by atoms with E-state index in [0.29, 0.717) is 11.9 Å². The zero-order valence-electron chi connectivity index (χ0n) is 13.3. The summed E-state index contributed by atoms with van der Waals surface area (Å²) in [6.07, 6.45) is 4.02. The van der Waals surface area contributed by atoms with Gasteiger partial charge in [-0.3, -0.25) is 9.67 Å². The van der Waals surface area contributed by atoms with Crippen LogP contribution in [-0.2, 0) is 6.54 Å². The largest absolute Gasteiger partial charge is 0.370 e. The molecule has 1 aromatic rings. The average Bonchev–Trinajstić information content (AvgIpc) is 2.63. The van der Waals surface area contributed by atoms with Crippen LogP contribution in [0.5, 0.6) is 0 Å². The van der Waals surface area contributed by atoms with Gasteiger partial charge in [-0.2, -0.15) is 5.10 Å². The summed E-state index contributed by atoms with van der Waals surface area (Å²) in [4.78, 5) is 4.43. The van der Waals surface area contributed by atoms with Gasteiger partial charge in [-0.1, -0.05) is 13.3 Å². The monoisotopic (exact) mass is 405 g/mol. The topological polar surface area (TPSA) is 68.2 Å². The van der Waals surface area contributed by atoms with Gasteiger partial charge in [0.15, 0.2) is 5.96 Å². The number of guanidine groups is 1. The van der Waals surface area contributed by atoms with E-state index in [-0.39, 0.29) is 24.0 Å². The number of halogens is 1. The first-order valence-electron chi connectivity index (χ1n) is 7.59. The fourth-order valence-electron chi connectivity index (χ4n) is 2.47. The average molecular weight is 405 g/mol. The van der Waals surface area contributed by atoms with Gasteiger partial charge in [-0.05, 0) is 44.6 Å². The molecule has 3 N–H and O–H groups in total. The predicted octanol–water partition coefficient (Wildman–Crippen LogP) is 2.46. The van der Waals surface area contributed by atoms with E-state index in [1.807, 2.05) is 11.6 Å². The third kappa shape index (κ3) is 5.84. The number of rotatable bonds is 6. The minimum Gasteiger partial charge on any atom is -0.370 e. The molecule has 0 amide bonds. The summed E-state index contributed by atoms with van der Waals surface area (Å²) in [5.74, 6) is 1.81. The lowest BCUT2D eigenvalue weighted by Crippen LogP contribution is -2.37. The van der Waals surface area contributed by atoms with Gasteiger partial charge in [0, 0.05) is 25.3 Å². The molecule has 6 heteroatoms. The Bertz CT molecular complexity index is 465. The van der Waals surface area contributed by atoms with Crippen LogP contribution in [0.4, 0.5) is 0 Å². The molecule has 0 radical (unpaired) electrons. The molecule has 1 fully saturated rings. The number of nitrogens with zero attached hydrogens (tertiary/aromatic N) is 3. The molecule has 5 nitrogen and oxygen atoms in total. The molecule has 1 heterocycles. The van der Waals surface area contributed by atoms with Gasteiger partial charge in [-0.15, -0.1) is 24.0 Å². The van der Waals surface area contributed by atoms with E-state index in [9.17, 15) is 0 Å². The summed E-state index contributed by atoms with van der Waals surface area (Å²) in [6.45, 7) is 8.89. The second-order valence-corrected chi connectivity index (χ2v) is 6.12. The molecule has 1 unspecified atom stereocenters. The van der Waals surface area contributed by atoms with Gasteiger partial charge in [0.1, 0.15) is 0 Å². The highest BCUT2D eigenvalue weighted by Gasteiger charge is 2.16. The number of nitrogens with two attached hydrogens (primary N) is 1. The van der Waals surface area contributed by atoms with Crippen molar-refractivity contribution in [1.82, 2.24) is 15.1 Å². The zero-order valence-corrected chi connectivity index (χ0v) is 15.6. The van der Waals surface area contributed by atoms with Crippen molar-refractivity contribution in [2.24, 2.45) is 22.6 Å². The third-order valence-corrected chi connectivity index (χ3v) is 3.96. The van der Waals surface area contributed by atoms with Crippen molar-refractivity contribution in [3.8, 4) is 0 Å². The molecule has 0 bridgehead atoms. The van der Waals surface area contributed by atoms with Crippen LogP contribution < -0.4 is 11.1 Å². The molecule has 2 rings (SSSR count). The second kappa shape index (κ2) is 8.60. The number of aromatic nitrogens is 2. The van der Waals surface area contributed by atoms with Crippen LogP contribution in [0, 0.1) is 25.7 Å². The van der Waals surface area contributed by atoms with Gasteiger partial charge in [-0.25, -0.2) is 0 Å². The minimum atomic E-state index is 0. The lowest BCUT2D eigenvalue weighted by Gasteiger charge is -2.25. The Morgan fingerprint density at radius 3 is 2.76 bits per heavy atom. The first-order chi connectivity index (χ1) is 9.54. The summed E-state index contributed by atoms with van der Waals surface area (Å²) < 4.78 is 2.05. The van der Waals surface area contributed by atoms with Gasteiger partial charge >= 0.3 is 0 Å². The number of nitrogens with one attached hydrogen (secondary N) is 1. The highest BCUT2D eigenvalue weighted by atomic mass is 127. The van der Waals surface area contributed by atoms with Gasteiger partial charge in [0.25, 0.3) is 0 Å². The van der Waals surface area contributed by atoms with Crippen LogP contribution >= 0.6 is 24.0 Å². The summed E-state index contributed by atoms with van der Waals surface area (Å²) in [5.41, 5.74) is 8.17. The molecule has 0 aromatic carbocycles. The van der Waals surface area contributed by atoms with Crippen molar-refractivity contribution in [1.29, 1.82) is 0 Å². The Hall–Kier alpha value is -0.790. The maximum atomic E-state index is 5.89. The summed E-state index contributed by atoms with van der Waals surface area (Å²) in [5, 5.41) is 7.70. The van der Waals surface area contributed by atoms with Crippen molar-refractivity contribution in [3.63, 3.8) is 0 Å². The highest BCUT2D eigenvalue weighted by molar-refractivity contribution is 14.0. The quantitative estimate of drug-likeness (QED) is 0.434. The molecule has 1 aliphatic rings. The standard InChI is InChI=1S/C15H27N5.HI/c1-11(10-20-13(3)7-12(2)19-20)8-17-15(16)18-9-14-5-4-6-14;/h7,11,14H,4-6,8-10H2,1-3H3,(H3,16,17,18);1H. The van der Waals surface area contributed by atoms with Crippen molar-refractivity contribution >= 4 is 29.9 Å². The van der Waals surface area contributed by atoms with E-state index in [1.165, 1.54) is 25.0 Å². The molecule has 1 aliphatic carbocycles. The first kappa shape index (κ1) is 18.3. The Labute approximate surface area is 144 Å². The maximum absolute atomic E-state index is 5.89. The Morgan fingerprint density at radius 1 is 1.52 bits per heavy atom. The van der Waals surface area contributed by atoms with E-state index in [4.69, 9.17) is 5.73 Å². The molecule has 1 aromatic heterocycles. The second-order valence-electron chi connectivity index (χ2n) is 6.12. The molecule has 21 heavy (non-hydrogen) atoms. The lowest BCUT2D eigenvalue weighted by atomic mass is 9.85. The molecular formula is C15H28IN5. The number of hydrogen-bond acceptors (Lipinski definition) is 2. The molecule has 0 saturated heterocycles. The number of aryl methyl sites for hydroxylation is 2. The summed E-state index contributed by atoms with van der Waals surface area (Å²) in [6, 6.07) is 2.10. The summed E-state index contributed by atoms with van der Waals surface area (Å²) >= 11 is 0. The molecule has 0 aliphatic heterocycles. The molecule has 1 atom stereocenters. The van der Waals surface area contributed by atoms with Crippen LogP contribution in [0.3, 0.4) is 0 Å².